The predicted molar refractivity (Wildman–Crippen MR) is 77.9 cm³/mol. The van der Waals surface area contributed by atoms with Crippen LogP contribution >= 0.6 is 11.8 Å². The summed E-state index contributed by atoms with van der Waals surface area (Å²) in [5.74, 6) is 0.477. The lowest BCUT2D eigenvalue weighted by molar-refractivity contribution is -0.384. The molecule has 1 fully saturated rings. The fourth-order valence-corrected chi connectivity index (χ4v) is 2.89. The highest BCUT2D eigenvalue weighted by Crippen LogP contribution is 2.22. The number of nitrogens with one attached hydrogen (secondary N) is 1. The lowest BCUT2D eigenvalue weighted by atomic mass is 10.2. The Morgan fingerprint density at radius 3 is 2.80 bits per heavy atom. The molecule has 0 unspecified atom stereocenters. The van der Waals surface area contributed by atoms with E-state index in [9.17, 15) is 14.9 Å². The molecule has 1 aliphatic rings. The number of rotatable bonds is 4. The molecule has 108 valence electrons. The zero-order chi connectivity index (χ0) is 14.5. The van der Waals surface area contributed by atoms with Gasteiger partial charge in [-0.2, -0.15) is 0 Å². The Hall–Kier alpha value is -1.60. The molecular formula is C13H17N3O3S. The van der Waals surface area contributed by atoms with Crippen LogP contribution in [0.5, 0.6) is 0 Å². The Labute approximate surface area is 121 Å². The van der Waals surface area contributed by atoms with Crippen molar-refractivity contribution in [2.75, 3.05) is 25.4 Å². The first-order valence-electron chi connectivity index (χ1n) is 6.45. The third kappa shape index (κ3) is 3.71. The molecule has 1 heterocycles. The second-order valence-electron chi connectivity index (χ2n) is 4.68. The molecule has 1 aromatic carbocycles. The number of carbonyl (C=O) groups excluding carboxylic acids is 1. The van der Waals surface area contributed by atoms with E-state index in [4.69, 9.17) is 0 Å². The van der Waals surface area contributed by atoms with Crippen LogP contribution < -0.4 is 5.32 Å². The summed E-state index contributed by atoms with van der Waals surface area (Å²) in [5, 5.41) is 13.8. The maximum atomic E-state index is 12.1. The van der Waals surface area contributed by atoms with Gasteiger partial charge < -0.3 is 10.2 Å². The lowest BCUT2D eigenvalue weighted by Gasteiger charge is -2.33. The van der Waals surface area contributed by atoms with Crippen LogP contribution in [0.3, 0.4) is 0 Å². The minimum atomic E-state index is -0.429. The van der Waals surface area contributed by atoms with E-state index in [-0.39, 0.29) is 17.6 Å². The molecule has 7 heteroatoms. The van der Waals surface area contributed by atoms with Crippen LogP contribution in [0.1, 0.15) is 6.92 Å². The van der Waals surface area contributed by atoms with Gasteiger partial charge in [-0.1, -0.05) is 0 Å². The number of benzene rings is 1. The zero-order valence-corrected chi connectivity index (χ0v) is 12.1. The fraction of sp³-hybridized carbons (Fsp3) is 0.462. The van der Waals surface area contributed by atoms with Gasteiger partial charge in [-0.15, -0.1) is 11.8 Å². The van der Waals surface area contributed by atoms with E-state index in [1.807, 2.05) is 11.8 Å². The van der Waals surface area contributed by atoms with Crippen molar-refractivity contribution in [3.05, 3.63) is 34.4 Å². The smallest absolute Gasteiger partial charge is 0.269 e. The van der Waals surface area contributed by atoms with Crippen LogP contribution in [-0.2, 0) is 4.79 Å². The van der Waals surface area contributed by atoms with Gasteiger partial charge >= 0.3 is 0 Å². The van der Waals surface area contributed by atoms with Crippen LogP contribution in [0, 0.1) is 10.1 Å². The number of carbonyl (C=O) groups is 1. The summed E-state index contributed by atoms with van der Waals surface area (Å²) < 4.78 is 0. The summed E-state index contributed by atoms with van der Waals surface area (Å²) in [4.78, 5) is 25.0. The van der Waals surface area contributed by atoms with Gasteiger partial charge in [-0.25, -0.2) is 0 Å². The molecule has 0 radical (unpaired) electrons. The topological polar surface area (TPSA) is 75.5 Å². The number of hydrogen-bond donors (Lipinski definition) is 1. The van der Waals surface area contributed by atoms with Crippen LogP contribution in [0.15, 0.2) is 29.2 Å². The minimum Gasteiger partial charge on any atom is -0.337 e. The number of piperazine rings is 1. The summed E-state index contributed by atoms with van der Waals surface area (Å²) in [5.41, 5.74) is 0.0661. The van der Waals surface area contributed by atoms with Crippen LogP contribution in [-0.4, -0.2) is 47.2 Å². The quantitative estimate of drug-likeness (QED) is 0.517. The molecule has 0 saturated carbocycles. The largest absolute Gasteiger partial charge is 0.337 e. The van der Waals surface area contributed by atoms with Crippen molar-refractivity contribution < 1.29 is 9.72 Å². The molecule has 0 aromatic heterocycles. The van der Waals surface area contributed by atoms with Crippen molar-refractivity contribution in [3.63, 3.8) is 0 Å². The highest BCUT2D eigenvalue weighted by atomic mass is 32.2. The first kappa shape index (κ1) is 14.8. The Morgan fingerprint density at radius 1 is 1.50 bits per heavy atom. The number of nitro groups is 1. The molecule has 2 rings (SSSR count). The van der Waals surface area contributed by atoms with Gasteiger partial charge in [0, 0.05) is 42.7 Å². The zero-order valence-electron chi connectivity index (χ0n) is 11.2. The number of amides is 1. The molecule has 1 aromatic rings. The van der Waals surface area contributed by atoms with Crippen LogP contribution in [0.2, 0.25) is 0 Å². The number of nitro benzene ring substituents is 1. The lowest BCUT2D eigenvalue weighted by Crippen LogP contribution is -2.52. The first-order valence-corrected chi connectivity index (χ1v) is 7.44. The molecule has 1 atom stereocenters. The van der Waals surface area contributed by atoms with E-state index >= 15 is 0 Å². The maximum Gasteiger partial charge on any atom is 0.269 e. The van der Waals surface area contributed by atoms with Crippen molar-refractivity contribution in [2.45, 2.75) is 17.9 Å². The average Bonchev–Trinajstić information content (AvgIpc) is 2.45. The van der Waals surface area contributed by atoms with Gasteiger partial charge in [0.05, 0.1) is 10.7 Å². The standard InChI is InChI=1S/C13H17N3O3S/c1-10-8-14-6-7-15(10)13(17)9-20-12-4-2-11(3-5-12)16(18)19/h2-5,10,14H,6-9H2,1H3/t10-/m0/s1. The Balaban J connectivity index is 1.88. The molecule has 6 nitrogen and oxygen atoms in total. The summed E-state index contributed by atoms with van der Waals surface area (Å²) in [6.45, 7) is 4.42. The highest BCUT2D eigenvalue weighted by Gasteiger charge is 2.22. The highest BCUT2D eigenvalue weighted by molar-refractivity contribution is 8.00. The van der Waals surface area contributed by atoms with E-state index < -0.39 is 4.92 Å². The van der Waals surface area contributed by atoms with Gasteiger partial charge in [0.25, 0.3) is 5.69 Å². The first-order chi connectivity index (χ1) is 9.58. The van der Waals surface area contributed by atoms with Gasteiger partial charge in [0.15, 0.2) is 0 Å². The van der Waals surface area contributed by atoms with E-state index in [0.717, 1.165) is 24.5 Å². The molecule has 1 N–H and O–H groups in total. The van der Waals surface area contributed by atoms with Crippen LogP contribution in [0.4, 0.5) is 5.69 Å². The Morgan fingerprint density at radius 2 is 2.20 bits per heavy atom. The summed E-state index contributed by atoms with van der Waals surface area (Å²) in [6, 6.07) is 6.49. The fourth-order valence-electron chi connectivity index (χ4n) is 2.10. The van der Waals surface area contributed by atoms with Crippen molar-refractivity contribution in [2.24, 2.45) is 0 Å². The van der Waals surface area contributed by atoms with Crippen molar-refractivity contribution >= 4 is 23.4 Å². The summed E-state index contributed by atoms with van der Waals surface area (Å²) >= 11 is 1.41. The maximum absolute atomic E-state index is 12.1. The van der Waals surface area contributed by atoms with E-state index in [1.54, 1.807) is 12.1 Å². The third-order valence-electron chi connectivity index (χ3n) is 3.23. The molecule has 0 spiro atoms. The molecule has 20 heavy (non-hydrogen) atoms. The normalized spacial score (nSPS) is 18.9. The predicted octanol–water partition coefficient (Wildman–Crippen LogP) is 1.51. The molecule has 1 aliphatic heterocycles. The SMILES string of the molecule is C[C@H]1CNCCN1C(=O)CSc1ccc([N+](=O)[O-])cc1. The second kappa shape index (κ2) is 6.71. The molecule has 1 saturated heterocycles. The monoisotopic (exact) mass is 295 g/mol. The number of non-ortho nitro benzene ring substituents is 1. The number of hydrogen-bond acceptors (Lipinski definition) is 5. The molecular weight excluding hydrogens is 278 g/mol. The van der Waals surface area contributed by atoms with Crippen molar-refractivity contribution in [1.82, 2.24) is 10.2 Å². The van der Waals surface area contributed by atoms with E-state index in [1.165, 1.54) is 23.9 Å². The van der Waals surface area contributed by atoms with E-state index in [2.05, 4.69) is 5.32 Å². The Kier molecular flexibility index (Phi) is 4.97. The summed E-state index contributed by atoms with van der Waals surface area (Å²) in [7, 11) is 0. The molecule has 0 aliphatic carbocycles. The van der Waals surface area contributed by atoms with Crippen molar-refractivity contribution in [3.8, 4) is 0 Å². The number of nitrogens with zero attached hydrogens (tertiary/aromatic N) is 2. The molecule has 0 bridgehead atoms. The van der Waals surface area contributed by atoms with Gasteiger partial charge in [0.2, 0.25) is 5.91 Å². The van der Waals surface area contributed by atoms with Gasteiger partial charge in [-0.05, 0) is 19.1 Å². The van der Waals surface area contributed by atoms with Gasteiger partial charge in [-0.3, -0.25) is 14.9 Å². The molecule has 1 amide bonds. The Bertz CT molecular complexity index is 492. The van der Waals surface area contributed by atoms with Crippen LogP contribution in [0.25, 0.3) is 0 Å². The third-order valence-corrected chi connectivity index (χ3v) is 4.23. The second-order valence-corrected chi connectivity index (χ2v) is 5.73. The van der Waals surface area contributed by atoms with E-state index in [0.29, 0.717) is 5.75 Å². The van der Waals surface area contributed by atoms with Gasteiger partial charge in [0.1, 0.15) is 0 Å². The summed E-state index contributed by atoms with van der Waals surface area (Å²) in [6.07, 6.45) is 0. The number of thioether (sulfide) groups is 1. The minimum absolute atomic E-state index is 0.0661. The van der Waals surface area contributed by atoms with Crippen molar-refractivity contribution in [1.29, 1.82) is 0 Å². The average molecular weight is 295 g/mol.